The maximum absolute atomic E-state index is 8.98. The molecule has 17 heavy (non-hydrogen) atoms. The van der Waals surface area contributed by atoms with E-state index in [9.17, 15) is 0 Å². The molecular formula is C13H20N2O2. The van der Waals surface area contributed by atoms with Gasteiger partial charge in [0.2, 0.25) is 0 Å². The number of aliphatic hydroxyl groups excluding tert-OH is 1. The van der Waals surface area contributed by atoms with Crippen molar-refractivity contribution in [2.24, 2.45) is 0 Å². The molecule has 4 nitrogen and oxygen atoms in total. The Morgan fingerprint density at radius 1 is 1.53 bits per heavy atom. The molecule has 94 valence electrons. The van der Waals surface area contributed by atoms with Crippen molar-refractivity contribution in [1.29, 1.82) is 0 Å². The van der Waals surface area contributed by atoms with Crippen molar-refractivity contribution in [3.05, 3.63) is 23.9 Å². The van der Waals surface area contributed by atoms with E-state index in [1.54, 1.807) is 6.20 Å². The molecule has 1 aliphatic rings. The van der Waals surface area contributed by atoms with Crippen molar-refractivity contribution in [3.63, 3.8) is 0 Å². The molecule has 1 aromatic heterocycles. The van der Waals surface area contributed by atoms with Crippen LogP contribution >= 0.6 is 0 Å². The van der Waals surface area contributed by atoms with Gasteiger partial charge in [-0.25, -0.2) is 4.98 Å². The number of hydrogen-bond acceptors (Lipinski definition) is 4. The summed E-state index contributed by atoms with van der Waals surface area (Å²) in [6.45, 7) is 4.81. The summed E-state index contributed by atoms with van der Waals surface area (Å²) < 4.78 is 5.67. The maximum atomic E-state index is 8.98. The van der Waals surface area contributed by atoms with E-state index >= 15 is 0 Å². The van der Waals surface area contributed by atoms with E-state index in [0.717, 1.165) is 43.9 Å². The molecule has 0 saturated carbocycles. The van der Waals surface area contributed by atoms with E-state index in [2.05, 4.69) is 9.88 Å². The predicted octanol–water partition coefficient (Wildman–Crippen LogP) is 1.58. The van der Waals surface area contributed by atoms with Gasteiger partial charge in [-0.1, -0.05) is 6.07 Å². The summed E-state index contributed by atoms with van der Waals surface area (Å²) in [4.78, 5) is 6.63. The summed E-state index contributed by atoms with van der Waals surface area (Å²) in [5, 5.41) is 8.98. The number of anilines is 1. The Balaban J connectivity index is 2.00. The van der Waals surface area contributed by atoms with E-state index in [-0.39, 0.29) is 6.61 Å². The Labute approximate surface area is 102 Å². The van der Waals surface area contributed by atoms with E-state index < -0.39 is 0 Å². The van der Waals surface area contributed by atoms with Crippen LogP contribution in [-0.4, -0.2) is 35.9 Å². The van der Waals surface area contributed by atoms with Crippen LogP contribution in [0.4, 0.5) is 5.82 Å². The number of ether oxygens (including phenoxy) is 1. The highest BCUT2D eigenvalue weighted by molar-refractivity contribution is 5.39. The lowest BCUT2D eigenvalue weighted by Crippen LogP contribution is -2.40. The summed E-state index contributed by atoms with van der Waals surface area (Å²) in [6.07, 6.45) is 4.35. The molecule has 0 aliphatic carbocycles. The standard InChI is InChI=1S/C13H20N2O2/c1-2-17-12-4-3-7-15(9-12)13-6-5-11(10-16)8-14-13/h5-6,8,12,16H,2-4,7,9-10H2,1H3. The third-order valence-corrected chi connectivity index (χ3v) is 3.10. The molecule has 1 aliphatic heterocycles. The number of pyridine rings is 1. The van der Waals surface area contributed by atoms with Crippen molar-refractivity contribution in [3.8, 4) is 0 Å². The Bertz CT molecular complexity index is 338. The molecule has 1 fully saturated rings. The molecule has 0 spiro atoms. The molecule has 1 atom stereocenters. The summed E-state index contributed by atoms with van der Waals surface area (Å²) in [5.74, 6) is 0.978. The average molecular weight is 236 g/mol. The van der Waals surface area contributed by atoms with Gasteiger partial charge in [0.1, 0.15) is 5.82 Å². The number of rotatable bonds is 4. The van der Waals surface area contributed by atoms with Crippen LogP contribution in [0.15, 0.2) is 18.3 Å². The zero-order chi connectivity index (χ0) is 12.1. The number of hydrogen-bond donors (Lipinski definition) is 1. The molecule has 0 radical (unpaired) electrons. The molecule has 4 heteroatoms. The van der Waals surface area contributed by atoms with Crippen molar-refractivity contribution >= 4 is 5.82 Å². The quantitative estimate of drug-likeness (QED) is 0.862. The zero-order valence-corrected chi connectivity index (χ0v) is 10.3. The second kappa shape index (κ2) is 5.98. The lowest BCUT2D eigenvalue weighted by Gasteiger charge is -2.33. The Morgan fingerprint density at radius 3 is 3.06 bits per heavy atom. The number of aliphatic hydroxyl groups is 1. The lowest BCUT2D eigenvalue weighted by atomic mass is 10.1. The largest absolute Gasteiger partial charge is 0.392 e. The second-order valence-corrected chi connectivity index (χ2v) is 4.35. The Morgan fingerprint density at radius 2 is 2.41 bits per heavy atom. The molecule has 0 amide bonds. The van der Waals surface area contributed by atoms with Crippen LogP contribution in [0.5, 0.6) is 0 Å². The normalized spacial score (nSPS) is 20.6. The van der Waals surface area contributed by atoms with Gasteiger partial charge in [-0.05, 0) is 31.4 Å². The minimum Gasteiger partial charge on any atom is -0.392 e. The molecule has 0 bridgehead atoms. The minimum atomic E-state index is 0.0504. The molecule has 1 aromatic rings. The van der Waals surface area contributed by atoms with Crippen LogP contribution in [0.3, 0.4) is 0 Å². The maximum Gasteiger partial charge on any atom is 0.128 e. The Hall–Kier alpha value is -1.13. The van der Waals surface area contributed by atoms with E-state index in [1.807, 2.05) is 19.1 Å². The van der Waals surface area contributed by atoms with Crippen molar-refractivity contribution in [1.82, 2.24) is 4.98 Å². The molecule has 1 unspecified atom stereocenters. The van der Waals surface area contributed by atoms with Gasteiger partial charge in [0.05, 0.1) is 12.7 Å². The number of piperidine rings is 1. The summed E-state index contributed by atoms with van der Waals surface area (Å²) >= 11 is 0. The predicted molar refractivity (Wildman–Crippen MR) is 67.0 cm³/mol. The Kier molecular flexibility index (Phi) is 4.34. The first-order chi connectivity index (χ1) is 8.33. The van der Waals surface area contributed by atoms with Crippen molar-refractivity contribution in [2.75, 3.05) is 24.6 Å². The monoisotopic (exact) mass is 236 g/mol. The smallest absolute Gasteiger partial charge is 0.128 e. The molecule has 2 rings (SSSR count). The third kappa shape index (κ3) is 3.17. The molecular weight excluding hydrogens is 216 g/mol. The van der Waals surface area contributed by atoms with Gasteiger partial charge in [-0.15, -0.1) is 0 Å². The van der Waals surface area contributed by atoms with Gasteiger partial charge in [-0.2, -0.15) is 0 Å². The van der Waals surface area contributed by atoms with Crippen LogP contribution < -0.4 is 4.90 Å². The summed E-state index contributed by atoms with van der Waals surface area (Å²) in [6, 6.07) is 3.90. The third-order valence-electron chi connectivity index (χ3n) is 3.10. The van der Waals surface area contributed by atoms with Gasteiger partial charge < -0.3 is 14.7 Å². The van der Waals surface area contributed by atoms with Gasteiger partial charge in [0.25, 0.3) is 0 Å². The van der Waals surface area contributed by atoms with Crippen LogP contribution in [0.1, 0.15) is 25.3 Å². The van der Waals surface area contributed by atoms with Crippen LogP contribution in [0.25, 0.3) is 0 Å². The lowest BCUT2D eigenvalue weighted by molar-refractivity contribution is 0.0525. The SMILES string of the molecule is CCOC1CCCN(c2ccc(CO)cn2)C1. The highest BCUT2D eigenvalue weighted by Crippen LogP contribution is 2.19. The molecule has 2 heterocycles. The first kappa shape index (κ1) is 12.3. The highest BCUT2D eigenvalue weighted by Gasteiger charge is 2.20. The molecule has 1 saturated heterocycles. The fraction of sp³-hybridized carbons (Fsp3) is 0.615. The average Bonchev–Trinajstić information content (AvgIpc) is 2.40. The van der Waals surface area contributed by atoms with E-state index in [1.165, 1.54) is 0 Å². The van der Waals surface area contributed by atoms with Gasteiger partial charge >= 0.3 is 0 Å². The second-order valence-electron chi connectivity index (χ2n) is 4.35. The summed E-state index contributed by atoms with van der Waals surface area (Å²) in [7, 11) is 0. The minimum absolute atomic E-state index is 0.0504. The van der Waals surface area contributed by atoms with Crippen LogP contribution in [0.2, 0.25) is 0 Å². The van der Waals surface area contributed by atoms with Gasteiger partial charge in [0.15, 0.2) is 0 Å². The van der Waals surface area contributed by atoms with Gasteiger partial charge in [-0.3, -0.25) is 0 Å². The van der Waals surface area contributed by atoms with Crippen molar-refractivity contribution in [2.45, 2.75) is 32.5 Å². The van der Waals surface area contributed by atoms with E-state index in [0.29, 0.717) is 6.10 Å². The van der Waals surface area contributed by atoms with E-state index in [4.69, 9.17) is 9.84 Å². The fourth-order valence-electron chi connectivity index (χ4n) is 2.22. The number of nitrogens with zero attached hydrogens (tertiary/aromatic N) is 2. The highest BCUT2D eigenvalue weighted by atomic mass is 16.5. The van der Waals surface area contributed by atoms with Crippen molar-refractivity contribution < 1.29 is 9.84 Å². The topological polar surface area (TPSA) is 45.6 Å². The summed E-state index contributed by atoms with van der Waals surface area (Å²) in [5.41, 5.74) is 0.854. The first-order valence-corrected chi connectivity index (χ1v) is 6.25. The fourth-order valence-corrected chi connectivity index (χ4v) is 2.22. The molecule has 0 aromatic carbocycles. The molecule has 1 N–H and O–H groups in total. The first-order valence-electron chi connectivity index (χ1n) is 6.25. The van der Waals surface area contributed by atoms with Gasteiger partial charge in [0, 0.05) is 25.9 Å². The van der Waals surface area contributed by atoms with Crippen LogP contribution in [-0.2, 0) is 11.3 Å². The zero-order valence-electron chi connectivity index (χ0n) is 10.3. The van der Waals surface area contributed by atoms with Crippen LogP contribution in [0, 0.1) is 0 Å². The number of aromatic nitrogens is 1.